The predicted octanol–water partition coefficient (Wildman–Crippen LogP) is 21.1. The largest absolute Gasteiger partial charge is 0.462 e. The van der Waals surface area contributed by atoms with E-state index in [4.69, 9.17) is 14.2 Å². The van der Waals surface area contributed by atoms with E-state index in [1.807, 2.05) is 0 Å². The lowest BCUT2D eigenvalue weighted by molar-refractivity contribution is -0.167. The Morgan fingerprint density at radius 1 is 0.288 bits per heavy atom. The number of carbonyl (C=O) groups excluding carboxylic acids is 3. The van der Waals surface area contributed by atoms with E-state index in [0.717, 1.165) is 109 Å². The normalized spacial score (nSPS) is 12.6. The molecule has 0 radical (unpaired) electrons. The maximum Gasteiger partial charge on any atom is 0.306 e. The molecule has 0 aromatic carbocycles. The standard InChI is InChI=1S/C67H116O6/c1-4-7-10-13-16-19-22-25-28-30-31-32-33-34-35-37-39-42-45-48-51-54-57-60-66(69)72-63-64(62-71-65(68)59-56-53-50-47-44-41-38-27-24-21-18-15-12-9-6-3)73-67(70)61-58-55-52-49-46-43-40-36-29-26-23-20-17-14-11-8-5-2/h7,10,16,19,25-26,28-29,31-32,34-35,39,42,64H,4-6,8-9,11-15,17-18,20-24,27,30,33,36-38,40-41,43-63H2,1-3H3/b10-7-,19-16-,28-25-,29-26-,32-31-,35-34-,42-39-. The van der Waals surface area contributed by atoms with Crippen molar-refractivity contribution in [3.8, 4) is 0 Å². The molecule has 0 aromatic rings. The van der Waals surface area contributed by atoms with Crippen LogP contribution in [-0.4, -0.2) is 37.2 Å². The van der Waals surface area contributed by atoms with Crippen molar-refractivity contribution in [2.24, 2.45) is 0 Å². The van der Waals surface area contributed by atoms with E-state index in [0.29, 0.717) is 19.3 Å². The second kappa shape index (κ2) is 61.1. The zero-order valence-electron chi connectivity index (χ0n) is 48.1. The summed E-state index contributed by atoms with van der Waals surface area (Å²) in [5, 5.41) is 0. The van der Waals surface area contributed by atoms with Crippen molar-refractivity contribution in [1.82, 2.24) is 0 Å². The maximum atomic E-state index is 12.9. The number of hydrogen-bond acceptors (Lipinski definition) is 6. The van der Waals surface area contributed by atoms with Gasteiger partial charge >= 0.3 is 17.9 Å². The van der Waals surface area contributed by atoms with Gasteiger partial charge in [0.05, 0.1) is 0 Å². The molecule has 0 aliphatic rings. The van der Waals surface area contributed by atoms with Crippen molar-refractivity contribution in [2.45, 2.75) is 309 Å². The summed E-state index contributed by atoms with van der Waals surface area (Å²) in [6.45, 7) is 6.53. The molecule has 0 amide bonds. The summed E-state index contributed by atoms with van der Waals surface area (Å²) in [5.74, 6) is -0.902. The second-order valence-electron chi connectivity index (χ2n) is 20.6. The Balaban J connectivity index is 4.41. The number of hydrogen-bond donors (Lipinski definition) is 0. The van der Waals surface area contributed by atoms with Crippen molar-refractivity contribution >= 4 is 17.9 Å². The molecule has 6 nitrogen and oxygen atoms in total. The molecule has 0 N–H and O–H groups in total. The summed E-state index contributed by atoms with van der Waals surface area (Å²) in [6, 6.07) is 0. The highest BCUT2D eigenvalue weighted by molar-refractivity contribution is 5.71. The Kier molecular flexibility index (Phi) is 58.3. The molecule has 0 heterocycles. The van der Waals surface area contributed by atoms with Crippen molar-refractivity contribution in [2.75, 3.05) is 13.2 Å². The van der Waals surface area contributed by atoms with Gasteiger partial charge in [0.25, 0.3) is 0 Å². The van der Waals surface area contributed by atoms with Gasteiger partial charge in [0.15, 0.2) is 6.10 Å². The van der Waals surface area contributed by atoms with Gasteiger partial charge < -0.3 is 14.2 Å². The van der Waals surface area contributed by atoms with Gasteiger partial charge in [-0.3, -0.25) is 14.4 Å². The topological polar surface area (TPSA) is 78.9 Å². The predicted molar refractivity (Wildman–Crippen MR) is 316 cm³/mol. The number of ether oxygens (including phenoxy) is 3. The van der Waals surface area contributed by atoms with Crippen LogP contribution in [-0.2, 0) is 28.6 Å². The first kappa shape index (κ1) is 69.6. The molecule has 0 saturated heterocycles. The number of carbonyl (C=O) groups is 3. The summed E-state index contributed by atoms with van der Waals surface area (Å²) < 4.78 is 16.9. The van der Waals surface area contributed by atoms with Crippen LogP contribution in [0.25, 0.3) is 0 Å². The van der Waals surface area contributed by atoms with E-state index in [-0.39, 0.29) is 31.1 Å². The minimum Gasteiger partial charge on any atom is -0.462 e. The summed E-state index contributed by atoms with van der Waals surface area (Å²) >= 11 is 0. The zero-order chi connectivity index (χ0) is 52.9. The number of allylic oxidation sites excluding steroid dienone is 14. The molecule has 420 valence electrons. The third kappa shape index (κ3) is 59.3. The van der Waals surface area contributed by atoms with Gasteiger partial charge in [-0.25, -0.2) is 0 Å². The lowest BCUT2D eigenvalue weighted by atomic mass is 10.0. The molecule has 0 bridgehead atoms. The quantitative estimate of drug-likeness (QED) is 0.0261. The fraction of sp³-hybridized carbons (Fsp3) is 0.746. The SMILES string of the molecule is CC/C=C\C/C=C\C/C=C\C/C=C\C/C=C\C/C=C\CCCCCCC(=O)OCC(COC(=O)CCCCCCCCCCCCCCCCC)OC(=O)CCCCCCCCC/C=C\CCCCCCCC. The lowest BCUT2D eigenvalue weighted by Gasteiger charge is -2.18. The molecule has 0 aromatic heterocycles. The average Bonchev–Trinajstić information content (AvgIpc) is 3.39. The van der Waals surface area contributed by atoms with Crippen LogP contribution >= 0.6 is 0 Å². The second-order valence-corrected chi connectivity index (χ2v) is 20.6. The molecular weight excluding hydrogens is 901 g/mol. The Morgan fingerprint density at radius 3 is 0.849 bits per heavy atom. The van der Waals surface area contributed by atoms with Crippen LogP contribution in [0.1, 0.15) is 303 Å². The summed E-state index contributed by atoms with van der Waals surface area (Å²) in [4.78, 5) is 38.3. The van der Waals surface area contributed by atoms with Gasteiger partial charge in [0, 0.05) is 19.3 Å². The van der Waals surface area contributed by atoms with Gasteiger partial charge in [-0.15, -0.1) is 0 Å². The average molecular weight is 1020 g/mol. The van der Waals surface area contributed by atoms with E-state index >= 15 is 0 Å². The molecule has 0 rings (SSSR count). The Labute approximate surface area is 452 Å². The molecular formula is C67H116O6. The van der Waals surface area contributed by atoms with E-state index in [2.05, 4.69) is 106 Å². The van der Waals surface area contributed by atoms with Gasteiger partial charge in [-0.05, 0) is 96.3 Å². The fourth-order valence-corrected chi connectivity index (χ4v) is 8.74. The zero-order valence-corrected chi connectivity index (χ0v) is 48.1. The van der Waals surface area contributed by atoms with Crippen molar-refractivity contribution in [1.29, 1.82) is 0 Å². The Hall–Kier alpha value is -3.41. The lowest BCUT2D eigenvalue weighted by Crippen LogP contribution is -2.30. The molecule has 0 saturated carbocycles. The van der Waals surface area contributed by atoms with Gasteiger partial charge in [0.2, 0.25) is 0 Å². The van der Waals surface area contributed by atoms with Crippen LogP contribution in [0, 0.1) is 0 Å². The first-order chi connectivity index (χ1) is 36.0. The number of esters is 3. The minimum absolute atomic E-state index is 0.0839. The molecule has 73 heavy (non-hydrogen) atoms. The van der Waals surface area contributed by atoms with E-state index < -0.39 is 6.10 Å². The molecule has 0 aliphatic heterocycles. The fourth-order valence-electron chi connectivity index (χ4n) is 8.74. The maximum absolute atomic E-state index is 12.9. The molecule has 1 unspecified atom stereocenters. The number of rotatable bonds is 56. The van der Waals surface area contributed by atoms with Crippen LogP contribution in [0.4, 0.5) is 0 Å². The van der Waals surface area contributed by atoms with E-state index in [1.54, 1.807) is 0 Å². The van der Waals surface area contributed by atoms with Gasteiger partial charge in [-0.2, -0.15) is 0 Å². The van der Waals surface area contributed by atoms with Gasteiger partial charge in [-0.1, -0.05) is 273 Å². The first-order valence-corrected chi connectivity index (χ1v) is 31.1. The van der Waals surface area contributed by atoms with Crippen molar-refractivity contribution in [3.63, 3.8) is 0 Å². The molecule has 0 spiro atoms. The third-order valence-electron chi connectivity index (χ3n) is 13.4. The molecule has 0 aliphatic carbocycles. The van der Waals surface area contributed by atoms with Crippen molar-refractivity contribution in [3.05, 3.63) is 85.1 Å². The van der Waals surface area contributed by atoms with Crippen LogP contribution in [0.5, 0.6) is 0 Å². The van der Waals surface area contributed by atoms with Crippen molar-refractivity contribution < 1.29 is 28.6 Å². The van der Waals surface area contributed by atoms with Crippen LogP contribution < -0.4 is 0 Å². The molecule has 6 heteroatoms. The monoisotopic (exact) mass is 1020 g/mol. The first-order valence-electron chi connectivity index (χ1n) is 31.1. The molecule has 0 fully saturated rings. The summed E-state index contributed by atoms with van der Waals surface area (Å²) in [6.07, 6.45) is 80.0. The van der Waals surface area contributed by atoms with Gasteiger partial charge in [0.1, 0.15) is 13.2 Å². The summed E-state index contributed by atoms with van der Waals surface area (Å²) in [7, 11) is 0. The summed E-state index contributed by atoms with van der Waals surface area (Å²) in [5.41, 5.74) is 0. The highest BCUT2D eigenvalue weighted by Gasteiger charge is 2.19. The minimum atomic E-state index is -0.789. The Morgan fingerprint density at radius 2 is 0.534 bits per heavy atom. The smallest absolute Gasteiger partial charge is 0.306 e. The Bertz CT molecular complexity index is 1400. The van der Waals surface area contributed by atoms with E-state index in [9.17, 15) is 14.4 Å². The number of unbranched alkanes of at least 4 members (excludes halogenated alkanes) is 31. The van der Waals surface area contributed by atoms with Crippen LogP contribution in [0.3, 0.4) is 0 Å². The van der Waals surface area contributed by atoms with Crippen LogP contribution in [0.2, 0.25) is 0 Å². The van der Waals surface area contributed by atoms with Crippen LogP contribution in [0.15, 0.2) is 85.1 Å². The molecule has 1 atom stereocenters. The van der Waals surface area contributed by atoms with E-state index in [1.165, 1.54) is 154 Å². The third-order valence-corrected chi connectivity index (χ3v) is 13.4. The highest BCUT2D eigenvalue weighted by atomic mass is 16.6. The highest BCUT2D eigenvalue weighted by Crippen LogP contribution is 2.16.